The third kappa shape index (κ3) is 9.23. The summed E-state index contributed by atoms with van der Waals surface area (Å²) in [7, 11) is 0. The molecular formula is C35H42F3N5O4. The van der Waals surface area contributed by atoms with Crippen LogP contribution in [0.25, 0.3) is 11.1 Å². The van der Waals surface area contributed by atoms with Crippen LogP contribution in [0.4, 0.5) is 23.7 Å². The number of rotatable bonds is 9. The number of pyridine rings is 1. The van der Waals surface area contributed by atoms with Crippen molar-refractivity contribution in [2.45, 2.75) is 64.6 Å². The Kier molecular flexibility index (Phi) is 10.4. The second-order valence-corrected chi connectivity index (χ2v) is 13.0. The molecule has 2 aromatic carbocycles. The largest absolute Gasteiger partial charge is 0.444 e. The zero-order valence-corrected chi connectivity index (χ0v) is 27.2. The molecule has 2 N–H and O–H groups in total. The van der Waals surface area contributed by atoms with Crippen molar-refractivity contribution in [2.75, 3.05) is 44.2 Å². The minimum absolute atomic E-state index is 0.0190. The number of piperazine rings is 1. The van der Waals surface area contributed by atoms with E-state index in [4.69, 9.17) is 9.47 Å². The minimum Gasteiger partial charge on any atom is -0.444 e. The summed E-state index contributed by atoms with van der Waals surface area (Å²) in [6.45, 7) is 12.3. The van der Waals surface area contributed by atoms with Crippen LogP contribution in [0.5, 0.6) is 0 Å². The Bertz CT molecular complexity index is 1550. The molecule has 9 nitrogen and oxygen atoms in total. The van der Waals surface area contributed by atoms with Gasteiger partial charge in [0.15, 0.2) is 0 Å². The van der Waals surface area contributed by atoms with Crippen LogP contribution in [-0.4, -0.2) is 72.9 Å². The van der Waals surface area contributed by atoms with Crippen molar-refractivity contribution >= 4 is 17.7 Å². The molecule has 0 aliphatic carbocycles. The van der Waals surface area contributed by atoms with Crippen molar-refractivity contribution in [3.8, 4) is 11.1 Å². The molecule has 3 heterocycles. The second kappa shape index (κ2) is 14.3. The number of amides is 2. The van der Waals surface area contributed by atoms with Gasteiger partial charge in [-0.3, -0.25) is 14.7 Å². The Morgan fingerprint density at radius 1 is 1.02 bits per heavy atom. The fourth-order valence-corrected chi connectivity index (χ4v) is 5.60. The van der Waals surface area contributed by atoms with E-state index in [-0.39, 0.29) is 18.5 Å². The Morgan fingerprint density at radius 2 is 1.72 bits per heavy atom. The quantitative estimate of drug-likeness (QED) is 0.284. The predicted molar refractivity (Wildman–Crippen MR) is 173 cm³/mol. The number of alkyl halides is 3. The van der Waals surface area contributed by atoms with Crippen molar-refractivity contribution in [1.82, 2.24) is 20.5 Å². The Hall–Kier alpha value is -4.16. The van der Waals surface area contributed by atoms with Gasteiger partial charge >= 0.3 is 12.3 Å². The Morgan fingerprint density at radius 3 is 2.34 bits per heavy atom. The molecule has 5 rings (SSSR count). The molecule has 0 spiro atoms. The Balaban J connectivity index is 1.23. The number of benzene rings is 2. The number of nitrogens with one attached hydrogen (secondary N) is 2. The highest BCUT2D eigenvalue weighted by atomic mass is 19.4. The summed E-state index contributed by atoms with van der Waals surface area (Å²) in [6.07, 6.45) is -0.416. The van der Waals surface area contributed by atoms with Gasteiger partial charge in [0.05, 0.1) is 35.2 Å². The van der Waals surface area contributed by atoms with E-state index in [2.05, 4.69) is 25.4 Å². The first-order chi connectivity index (χ1) is 22.2. The first-order valence-electron chi connectivity index (χ1n) is 15.9. The fourth-order valence-electron chi connectivity index (χ4n) is 5.60. The first kappa shape index (κ1) is 34.2. The zero-order chi connectivity index (χ0) is 33.8. The van der Waals surface area contributed by atoms with E-state index in [1.165, 1.54) is 6.07 Å². The molecule has 2 atom stereocenters. The van der Waals surface area contributed by atoms with Crippen LogP contribution in [0, 0.1) is 0 Å². The maximum atomic E-state index is 13.6. The van der Waals surface area contributed by atoms with Gasteiger partial charge in [-0.2, -0.15) is 13.2 Å². The van der Waals surface area contributed by atoms with Crippen LogP contribution < -0.4 is 15.5 Å². The second-order valence-electron chi connectivity index (χ2n) is 13.0. The van der Waals surface area contributed by atoms with Gasteiger partial charge in [0.2, 0.25) is 0 Å². The zero-order valence-electron chi connectivity index (χ0n) is 27.2. The van der Waals surface area contributed by atoms with E-state index >= 15 is 0 Å². The molecule has 0 saturated carbocycles. The number of anilines is 1. The number of halogens is 3. The van der Waals surface area contributed by atoms with E-state index in [0.29, 0.717) is 28.4 Å². The van der Waals surface area contributed by atoms with Crippen LogP contribution in [0.2, 0.25) is 0 Å². The molecule has 252 valence electrons. The van der Waals surface area contributed by atoms with Gasteiger partial charge in [-0.25, -0.2) is 4.79 Å². The monoisotopic (exact) mass is 653 g/mol. The molecule has 2 fully saturated rings. The van der Waals surface area contributed by atoms with E-state index in [1.54, 1.807) is 57.4 Å². The molecule has 0 bridgehead atoms. The number of aromatic nitrogens is 1. The van der Waals surface area contributed by atoms with Crippen LogP contribution >= 0.6 is 0 Å². The van der Waals surface area contributed by atoms with E-state index < -0.39 is 23.4 Å². The lowest BCUT2D eigenvalue weighted by molar-refractivity contribution is -0.137. The van der Waals surface area contributed by atoms with Crippen molar-refractivity contribution in [2.24, 2.45) is 0 Å². The molecule has 1 aromatic heterocycles. The third-order valence-corrected chi connectivity index (χ3v) is 8.31. The van der Waals surface area contributed by atoms with Crippen LogP contribution in [-0.2, 0) is 22.2 Å². The highest BCUT2D eigenvalue weighted by Gasteiger charge is 2.31. The van der Waals surface area contributed by atoms with E-state index in [9.17, 15) is 22.8 Å². The molecule has 2 amide bonds. The fraction of sp³-hybridized carbons (Fsp3) is 0.457. The smallest absolute Gasteiger partial charge is 0.416 e. The normalized spacial score (nSPS) is 17.9. The van der Waals surface area contributed by atoms with Crippen molar-refractivity contribution in [1.29, 1.82) is 0 Å². The number of ether oxygens (including phenoxy) is 2. The molecule has 0 unspecified atom stereocenters. The lowest BCUT2D eigenvalue weighted by atomic mass is 9.95. The maximum absolute atomic E-state index is 13.6. The van der Waals surface area contributed by atoms with Gasteiger partial charge in [-0.1, -0.05) is 30.3 Å². The first-order valence-corrected chi connectivity index (χ1v) is 15.9. The number of carbonyl (C=O) groups excluding carboxylic acids is 2. The van der Waals surface area contributed by atoms with Crippen molar-refractivity contribution < 1.29 is 32.2 Å². The van der Waals surface area contributed by atoms with E-state index in [0.717, 1.165) is 69.1 Å². The molecule has 2 aliphatic rings. The summed E-state index contributed by atoms with van der Waals surface area (Å²) < 4.78 is 51.6. The summed E-state index contributed by atoms with van der Waals surface area (Å²) in [6, 6.07) is 11.9. The molecule has 2 aliphatic heterocycles. The SMILES string of the molecule is C[C@@H](NC(=O)c1cncc(N2CCN(C[C@@H]3CCO3)CC2)c1)c1ccc(-c2cc(C(F)(F)F)ccc2CNC(=O)OC(C)(C)C)cc1. The maximum Gasteiger partial charge on any atom is 0.416 e. The lowest BCUT2D eigenvalue weighted by Crippen LogP contribution is -2.50. The van der Waals surface area contributed by atoms with Crippen LogP contribution in [0.15, 0.2) is 60.9 Å². The van der Waals surface area contributed by atoms with Gasteiger partial charge in [-0.05, 0) is 74.6 Å². The summed E-state index contributed by atoms with van der Waals surface area (Å²) in [5, 5.41) is 5.63. The summed E-state index contributed by atoms with van der Waals surface area (Å²) in [5.41, 5.74) is 1.98. The topological polar surface area (TPSA) is 96.0 Å². The van der Waals surface area contributed by atoms with Crippen molar-refractivity contribution in [3.05, 3.63) is 83.2 Å². The predicted octanol–water partition coefficient (Wildman–Crippen LogP) is 6.19. The molecule has 0 radical (unpaired) electrons. The number of hydrogen-bond acceptors (Lipinski definition) is 7. The van der Waals surface area contributed by atoms with Gasteiger partial charge in [0.1, 0.15) is 5.60 Å². The van der Waals surface area contributed by atoms with Gasteiger partial charge < -0.3 is 25.0 Å². The summed E-state index contributed by atoms with van der Waals surface area (Å²) in [4.78, 5) is 34.4. The summed E-state index contributed by atoms with van der Waals surface area (Å²) in [5.74, 6) is -0.273. The molecule has 3 aromatic rings. The molecule has 47 heavy (non-hydrogen) atoms. The number of carbonyl (C=O) groups is 2. The molecule has 12 heteroatoms. The lowest BCUT2D eigenvalue weighted by Gasteiger charge is -2.39. The average molecular weight is 654 g/mol. The van der Waals surface area contributed by atoms with Crippen LogP contribution in [0.3, 0.4) is 0 Å². The molecular weight excluding hydrogens is 611 g/mol. The van der Waals surface area contributed by atoms with Crippen LogP contribution in [0.1, 0.15) is 67.2 Å². The minimum atomic E-state index is -4.53. The number of hydrogen-bond donors (Lipinski definition) is 2. The average Bonchev–Trinajstić information content (AvgIpc) is 3.01. The number of alkyl carbamates (subject to hydrolysis) is 1. The van der Waals surface area contributed by atoms with Gasteiger partial charge in [0.25, 0.3) is 5.91 Å². The highest BCUT2D eigenvalue weighted by Crippen LogP contribution is 2.34. The van der Waals surface area contributed by atoms with E-state index in [1.807, 2.05) is 13.0 Å². The van der Waals surface area contributed by atoms with Crippen molar-refractivity contribution in [3.63, 3.8) is 0 Å². The standard InChI is InChI=1S/C35H42F3N5O4/c1-23(41-32(44)27-17-29(21-39-19-27)43-14-12-42(13-15-43)22-30-11-16-46-30)24-5-7-25(8-6-24)31-18-28(35(36,37)38)10-9-26(31)20-40-33(45)47-34(2,3)4/h5-10,17-19,21,23,30H,11-16,20,22H2,1-4H3,(H,40,45)(H,41,44)/t23-,30+/m1/s1. The molecule has 2 saturated heterocycles. The van der Waals surface area contributed by atoms with Gasteiger partial charge in [-0.15, -0.1) is 0 Å². The summed E-state index contributed by atoms with van der Waals surface area (Å²) >= 11 is 0. The van der Waals surface area contributed by atoms with Gasteiger partial charge in [0, 0.05) is 52.1 Å². The third-order valence-electron chi connectivity index (χ3n) is 8.31. The number of nitrogens with zero attached hydrogens (tertiary/aromatic N) is 3. The Labute approximate surface area is 273 Å². The highest BCUT2D eigenvalue weighted by molar-refractivity contribution is 5.95.